The molecule has 0 bridgehead atoms. The normalized spacial score (nSPS) is 17.8. The van der Waals surface area contributed by atoms with Crippen LogP contribution in [0.1, 0.15) is 54.7 Å². The van der Waals surface area contributed by atoms with Crippen molar-refractivity contribution in [2.24, 2.45) is 7.05 Å². The Hall–Kier alpha value is -2.37. The zero-order valence-electron chi connectivity index (χ0n) is 15.6. The van der Waals surface area contributed by atoms with E-state index in [1.165, 1.54) is 12.8 Å². The van der Waals surface area contributed by atoms with Crippen molar-refractivity contribution >= 4 is 22.8 Å². The van der Waals surface area contributed by atoms with Crippen molar-refractivity contribution in [3.8, 4) is 0 Å². The van der Waals surface area contributed by atoms with Crippen molar-refractivity contribution in [3.05, 3.63) is 29.6 Å². The van der Waals surface area contributed by atoms with Gasteiger partial charge in [0, 0.05) is 51.1 Å². The molecule has 2 heterocycles. The summed E-state index contributed by atoms with van der Waals surface area (Å²) in [7, 11) is 2.05. The van der Waals surface area contributed by atoms with Gasteiger partial charge in [-0.2, -0.15) is 0 Å². The summed E-state index contributed by atoms with van der Waals surface area (Å²) >= 11 is 0. The molecule has 4 rings (SSSR count). The van der Waals surface area contributed by atoms with Crippen LogP contribution in [0.25, 0.3) is 11.0 Å². The zero-order chi connectivity index (χ0) is 18.3. The van der Waals surface area contributed by atoms with Crippen molar-refractivity contribution in [3.63, 3.8) is 0 Å². The van der Waals surface area contributed by atoms with E-state index in [0.29, 0.717) is 44.1 Å². The summed E-state index contributed by atoms with van der Waals surface area (Å²) in [6, 6.07) is 5.82. The highest BCUT2D eigenvalue weighted by Crippen LogP contribution is 2.40. The van der Waals surface area contributed by atoms with E-state index in [1.54, 1.807) is 0 Å². The average molecular weight is 354 g/mol. The molecular formula is C20H26N4O2. The number of aromatic nitrogens is 2. The SMILES string of the molecule is CCCC(=O)N1CCN(C(=O)c2ccc3c(c2)nc(C2CC2)n3C)CC1. The highest BCUT2D eigenvalue weighted by Gasteiger charge is 2.29. The Kier molecular flexibility index (Phi) is 4.42. The molecule has 2 fully saturated rings. The van der Waals surface area contributed by atoms with Crippen LogP contribution in [0.15, 0.2) is 18.2 Å². The molecule has 1 saturated carbocycles. The van der Waals surface area contributed by atoms with Crippen LogP contribution in [0.2, 0.25) is 0 Å². The maximum Gasteiger partial charge on any atom is 0.254 e. The summed E-state index contributed by atoms with van der Waals surface area (Å²) in [5, 5.41) is 0. The Morgan fingerprint density at radius 3 is 2.46 bits per heavy atom. The molecule has 26 heavy (non-hydrogen) atoms. The van der Waals surface area contributed by atoms with Gasteiger partial charge in [-0.05, 0) is 37.5 Å². The van der Waals surface area contributed by atoms with Gasteiger partial charge in [-0.3, -0.25) is 9.59 Å². The quantitative estimate of drug-likeness (QED) is 0.848. The molecule has 1 aromatic heterocycles. The van der Waals surface area contributed by atoms with Crippen molar-refractivity contribution in [1.29, 1.82) is 0 Å². The number of piperazine rings is 1. The van der Waals surface area contributed by atoms with Gasteiger partial charge in [0.1, 0.15) is 5.82 Å². The number of carbonyl (C=O) groups excluding carboxylic acids is 2. The van der Waals surface area contributed by atoms with E-state index in [9.17, 15) is 9.59 Å². The Morgan fingerprint density at radius 1 is 1.12 bits per heavy atom. The van der Waals surface area contributed by atoms with Gasteiger partial charge < -0.3 is 14.4 Å². The molecule has 2 aromatic rings. The second kappa shape index (κ2) is 6.74. The number of hydrogen-bond donors (Lipinski definition) is 0. The highest BCUT2D eigenvalue weighted by atomic mass is 16.2. The number of aryl methyl sites for hydroxylation is 1. The molecule has 1 saturated heterocycles. The predicted octanol–water partition coefficient (Wildman–Crippen LogP) is 2.54. The van der Waals surface area contributed by atoms with Gasteiger partial charge >= 0.3 is 0 Å². The molecule has 2 aliphatic rings. The van der Waals surface area contributed by atoms with Crippen LogP contribution in [0.3, 0.4) is 0 Å². The largest absolute Gasteiger partial charge is 0.339 e. The van der Waals surface area contributed by atoms with Gasteiger partial charge in [0.2, 0.25) is 5.91 Å². The van der Waals surface area contributed by atoms with Crippen molar-refractivity contribution < 1.29 is 9.59 Å². The van der Waals surface area contributed by atoms with Crippen LogP contribution in [0.4, 0.5) is 0 Å². The number of imidazole rings is 1. The van der Waals surface area contributed by atoms with Gasteiger partial charge in [0.05, 0.1) is 11.0 Å². The fraction of sp³-hybridized carbons (Fsp3) is 0.550. The molecule has 0 radical (unpaired) electrons. The van der Waals surface area contributed by atoms with Crippen LogP contribution >= 0.6 is 0 Å². The molecule has 138 valence electrons. The summed E-state index contributed by atoms with van der Waals surface area (Å²) in [5.41, 5.74) is 2.67. The summed E-state index contributed by atoms with van der Waals surface area (Å²) in [5.74, 6) is 1.95. The maximum atomic E-state index is 12.9. The topological polar surface area (TPSA) is 58.4 Å². The number of carbonyl (C=O) groups is 2. The lowest BCUT2D eigenvalue weighted by Crippen LogP contribution is -2.50. The number of fused-ring (bicyclic) bond motifs is 1. The maximum absolute atomic E-state index is 12.9. The van der Waals surface area contributed by atoms with E-state index < -0.39 is 0 Å². The van der Waals surface area contributed by atoms with Gasteiger partial charge in [-0.25, -0.2) is 4.98 Å². The third-order valence-corrected chi connectivity index (χ3v) is 5.49. The smallest absolute Gasteiger partial charge is 0.254 e. The van der Waals surface area contributed by atoms with Crippen LogP contribution in [0, 0.1) is 0 Å². The predicted molar refractivity (Wildman–Crippen MR) is 100 cm³/mol. The van der Waals surface area contributed by atoms with Gasteiger partial charge in [0.25, 0.3) is 5.91 Å². The third kappa shape index (κ3) is 3.08. The second-order valence-electron chi connectivity index (χ2n) is 7.43. The van der Waals surface area contributed by atoms with E-state index in [2.05, 4.69) is 11.6 Å². The van der Waals surface area contributed by atoms with Crippen LogP contribution in [-0.4, -0.2) is 57.3 Å². The minimum atomic E-state index is 0.0353. The van der Waals surface area contributed by atoms with Gasteiger partial charge in [-0.15, -0.1) is 0 Å². The molecule has 6 heteroatoms. The molecule has 1 aliphatic heterocycles. The lowest BCUT2D eigenvalue weighted by molar-refractivity contribution is -0.132. The number of benzene rings is 1. The van der Waals surface area contributed by atoms with E-state index in [1.807, 2.05) is 34.9 Å². The molecule has 6 nitrogen and oxygen atoms in total. The summed E-state index contributed by atoms with van der Waals surface area (Å²) in [6.07, 6.45) is 3.88. The standard InChI is InChI=1S/C20H26N4O2/c1-3-4-18(25)23-9-11-24(12-10-23)20(26)15-7-8-17-16(13-15)21-19(22(17)2)14-5-6-14/h7-8,13-14H,3-6,9-12H2,1-2H3. The first-order valence-electron chi connectivity index (χ1n) is 9.62. The van der Waals surface area contributed by atoms with Crippen molar-refractivity contribution in [1.82, 2.24) is 19.4 Å². The lowest BCUT2D eigenvalue weighted by Gasteiger charge is -2.34. The lowest BCUT2D eigenvalue weighted by atomic mass is 10.1. The zero-order valence-corrected chi connectivity index (χ0v) is 15.6. The summed E-state index contributed by atoms with van der Waals surface area (Å²) in [6.45, 7) is 4.47. The number of amides is 2. The average Bonchev–Trinajstić information content (AvgIpc) is 3.45. The first kappa shape index (κ1) is 17.1. The third-order valence-electron chi connectivity index (χ3n) is 5.49. The fourth-order valence-electron chi connectivity index (χ4n) is 3.77. The Bertz CT molecular complexity index is 845. The van der Waals surface area contributed by atoms with Gasteiger partial charge in [0.15, 0.2) is 0 Å². The molecular weight excluding hydrogens is 328 g/mol. The minimum absolute atomic E-state index is 0.0353. The Labute approximate surface area is 153 Å². The first-order chi connectivity index (χ1) is 12.6. The molecule has 1 aromatic carbocycles. The molecule has 2 amide bonds. The fourth-order valence-corrected chi connectivity index (χ4v) is 3.77. The van der Waals surface area contributed by atoms with E-state index in [4.69, 9.17) is 4.98 Å². The molecule has 0 unspecified atom stereocenters. The second-order valence-corrected chi connectivity index (χ2v) is 7.43. The van der Waals surface area contributed by atoms with Crippen LogP contribution < -0.4 is 0 Å². The number of hydrogen-bond acceptors (Lipinski definition) is 3. The monoisotopic (exact) mass is 354 g/mol. The van der Waals surface area contributed by atoms with E-state index in [-0.39, 0.29) is 11.8 Å². The van der Waals surface area contributed by atoms with Gasteiger partial charge in [-0.1, -0.05) is 6.92 Å². The van der Waals surface area contributed by atoms with Crippen molar-refractivity contribution in [2.75, 3.05) is 26.2 Å². The molecule has 0 atom stereocenters. The highest BCUT2D eigenvalue weighted by molar-refractivity contribution is 5.97. The summed E-state index contributed by atoms with van der Waals surface area (Å²) < 4.78 is 2.15. The van der Waals surface area contributed by atoms with E-state index >= 15 is 0 Å². The first-order valence-corrected chi connectivity index (χ1v) is 9.62. The van der Waals surface area contributed by atoms with Crippen LogP contribution in [0.5, 0.6) is 0 Å². The van der Waals surface area contributed by atoms with Crippen molar-refractivity contribution in [2.45, 2.75) is 38.5 Å². The molecule has 0 N–H and O–H groups in total. The molecule has 0 spiro atoms. The van der Waals surface area contributed by atoms with Crippen LogP contribution in [-0.2, 0) is 11.8 Å². The Morgan fingerprint density at radius 2 is 1.81 bits per heavy atom. The molecule has 1 aliphatic carbocycles. The Balaban J connectivity index is 1.47. The number of nitrogens with zero attached hydrogens (tertiary/aromatic N) is 4. The number of rotatable bonds is 4. The van der Waals surface area contributed by atoms with E-state index in [0.717, 1.165) is 23.3 Å². The summed E-state index contributed by atoms with van der Waals surface area (Å²) in [4.78, 5) is 33.3. The minimum Gasteiger partial charge on any atom is -0.339 e.